The molecule has 0 bridgehead atoms. The zero-order valence-corrected chi connectivity index (χ0v) is 18.8. The SMILES string of the molecule is CC(C)(C)c1ccc(N2C(=O)CS[C@@H]2c2ccc(NC(=O)c3cccs3)cc2)cc1. The number of carbonyl (C=O) groups is 2. The summed E-state index contributed by atoms with van der Waals surface area (Å²) in [5.74, 6) is 0.468. The number of hydrogen-bond acceptors (Lipinski definition) is 4. The van der Waals surface area contributed by atoms with Gasteiger partial charge in [-0.3, -0.25) is 14.5 Å². The molecular formula is C24H24N2O2S2. The van der Waals surface area contributed by atoms with Crippen LogP contribution in [0.15, 0.2) is 66.0 Å². The topological polar surface area (TPSA) is 49.4 Å². The molecule has 154 valence electrons. The van der Waals surface area contributed by atoms with Crippen molar-refractivity contribution in [3.63, 3.8) is 0 Å². The highest BCUT2D eigenvalue weighted by Gasteiger charge is 2.34. The van der Waals surface area contributed by atoms with E-state index < -0.39 is 0 Å². The fourth-order valence-electron chi connectivity index (χ4n) is 3.40. The van der Waals surface area contributed by atoms with Gasteiger partial charge in [-0.2, -0.15) is 0 Å². The minimum absolute atomic E-state index is 0.0694. The van der Waals surface area contributed by atoms with Crippen molar-refractivity contribution in [2.24, 2.45) is 0 Å². The van der Waals surface area contributed by atoms with E-state index >= 15 is 0 Å². The Bertz CT molecular complexity index is 1040. The van der Waals surface area contributed by atoms with Crippen molar-refractivity contribution in [1.29, 1.82) is 0 Å². The average Bonchev–Trinajstić information content (AvgIpc) is 3.38. The Balaban J connectivity index is 1.52. The van der Waals surface area contributed by atoms with Crippen molar-refractivity contribution in [2.45, 2.75) is 31.6 Å². The maximum Gasteiger partial charge on any atom is 0.265 e. The lowest BCUT2D eigenvalue weighted by molar-refractivity contribution is -0.115. The van der Waals surface area contributed by atoms with Gasteiger partial charge in [0.05, 0.1) is 10.6 Å². The molecule has 1 fully saturated rings. The quantitative estimate of drug-likeness (QED) is 0.539. The maximum atomic E-state index is 12.6. The molecule has 1 atom stereocenters. The second-order valence-electron chi connectivity index (χ2n) is 8.28. The Morgan fingerprint density at radius 1 is 1.03 bits per heavy atom. The van der Waals surface area contributed by atoms with Crippen molar-refractivity contribution in [3.05, 3.63) is 82.0 Å². The van der Waals surface area contributed by atoms with Gasteiger partial charge in [0.2, 0.25) is 5.91 Å². The molecule has 1 N–H and O–H groups in total. The Labute approximate surface area is 185 Å². The lowest BCUT2D eigenvalue weighted by atomic mass is 9.87. The van der Waals surface area contributed by atoms with E-state index in [1.165, 1.54) is 16.9 Å². The first-order chi connectivity index (χ1) is 14.3. The van der Waals surface area contributed by atoms with E-state index in [2.05, 4.69) is 38.2 Å². The molecule has 1 aliphatic rings. The Kier molecular flexibility index (Phi) is 5.71. The average molecular weight is 437 g/mol. The monoisotopic (exact) mass is 436 g/mol. The summed E-state index contributed by atoms with van der Waals surface area (Å²) < 4.78 is 0. The van der Waals surface area contributed by atoms with Crippen LogP contribution in [-0.2, 0) is 10.2 Å². The fraction of sp³-hybridized carbons (Fsp3) is 0.250. The molecule has 30 heavy (non-hydrogen) atoms. The summed E-state index contributed by atoms with van der Waals surface area (Å²) in [6.07, 6.45) is 0. The molecule has 2 amide bonds. The third kappa shape index (κ3) is 4.30. The van der Waals surface area contributed by atoms with E-state index in [1.807, 2.05) is 52.7 Å². The smallest absolute Gasteiger partial charge is 0.265 e. The molecule has 0 spiro atoms. The summed E-state index contributed by atoms with van der Waals surface area (Å²) >= 11 is 3.04. The lowest BCUT2D eigenvalue weighted by Gasteiger charge is -2.26. The standard InChI is InChI=1S/C24H24N2O2S2/c1-24(2,3)17-8-12-19(13-9-17)26-21(27)15-30-23(26)16-6-10-18(11-7-16)25-22(28)20-5-4-14-29-20/h4-14,23H,15H2,1-3H3,(H,25,28)/t23-/m1/s1. The van der Waals surface area contributed by atoms with Gasteiger partial charge in [0.15, 0.2) is 0 Å². The summed E-state index contributed by atoms with van der Waals surface area (Å²) in [5, 5.41) is 4.73. The molecule has 3 aromatic rings. The van der Waals surface area contributed by atoms with Gasteiger partial charge in [-0.05, 0) is 52.3 Å². The second-order valence-corrected chi connectivity index (χ2v) is 10.3. The predicted octanol–water partition coefficient (Wildman–Crippen LogP) is 6.08. The number of thioether (sulfide) groups is 1. The van der Waals surface area contributed by atoms with Crippen molar-refractivity contribution in [3.8, 4) is 0 Å². The van der Waals surface area contributed by atoms with Crippen LogP contribution in [-0.4, -0.2) is 17.6 Å². The zero-order chi connectivity index (χ0) is 21.3. The number of benzene rings is 2. The molecule has 4 nitrogen and oxygen atoms in total. The third-order valence-corrected chi connectivity index (χ3v) is 7.16. The molecule has 1 aliphatic heterocycles. The maximum absolute atomic E-state index is 12.6. The van der Waals surface area contributed by atoms with Crippen molar-refractivity contribution in [2.75, 3.05) is 16.0 Å². The third-order valence-electron chi connectivity index (χ3n) is 5.08. The number of anilines is 2. The Morgan fingerprint density at radius 2 is 1.73 bits per heavy atom. The van der Waals surface area contributed by atoms with Gasteiger partial charge in [-0.1, -0.05) is 51.1 Å². The van der Waals surface area contributed by atoms with Crippen molar-refractivity contribution in [1.82, 2.24) is 0 Å². The van der Waals surface area contributed by atoms with Crippen molar-refractivity contribution >= 4 is 46.3 Å². The van der Waals surface area contributed by atoms with Gasteiger partial charge >= 0.3 is 0 Å². The largest absolute Gasteiger partial charge is 0.321 e. The molecule has 1 saturated heterocycles. The van der Waals surface area contributed by atoms with Gasteiger partial charge in [0.1, 0.15) is 5.37 Å². The number of thiophene rings is 1. The molecule has 0 saturated carbocycles. The normalized spacial score (nSPS) is 16.7. The van der Waals surface area contributed by atoms with E-state index in [-0.39, 0.29) is 22.6 Å². The van der Waals surface area contributed by atoms with E-state index in [4.69, 9.17) is 0 Å². The first-order valence-electron chi connectivity index (χ1n) is 9.82. The minimum Gasteiger partial charge on any atom is -0.321 e. The summed E-state index contributed by atoms with van der Waals surface area (Å²) in [5.41, 5.74) is 4.02. The van der Waals surface area contributed by atoms with Crippen LogP contribution in [0.5, 0.6) is 0 Å². The van der Waals surface area contributed by atoms with Crippen LogP contribution in [0.3, 0.4) is 0 Å². The Morgan fingerprint density at radius 3 is 2.33 bits per heavy atom. The van der Waals surface area contributed by atoms with Gasteiger partial charge in [0, 0.05) is 11.4 Å². The van der Waals surface area contributed by atoms with Gasteiger partial charge < -0.3 is 5.32 Å². The van der Waals surface area contributed by atoms with Crippen LogP contribution < -0.4 is 10.2 Å². The summed E-state index contributed by atoms with van der Waals surface area (Å²) in [6, 6.07) is 19.7. The molecule has 0 radical (unpaired) electrons. The number of carbonyl (C=O) groups excluding carboxylic acids is 2. The molecule has 6 heteroatoms. The highest BCUT2D eigenvalue weighted by atomic mass is 32.2. The van der Waals surface area contributed by atoms with Crippen molar-refractivity contribution < 1.29 is 9.59 Å². The van der Waals surface area contributed by atoms with E-state index in [0.29, 0.717) is 10.6 Å². The van der Waals surface area contributed by atoms with Crippen LogP contribution in [0, 0.1) is 0 Å². The minimum atomic E-state index is -0.108. The van der Waals surface area contributed by atoms with Gasteiger partial charge in [-0.15, -0.1) is 23.1 Å². The molecule has 2 heterocycles. The number of hydrogen-bond donors (Lipinski definition) is 1. The van der Waals surface area contributed by atoms with E-state index in [0.717, 1.165) is 16.9 Å². The molecule has 1 aromatic heterocycles. The summed E-state index contributed by atoms with van der Waals surface area (Å²) in [6.45, 7) is 6.54. The fourth-order valence-corrected chi connectivity index (χ4v) is 5.20. The van der Waals surface area contributed by atoms with Crippen LogP contribution in [0.2, 0.25) is 0 Å². The Hall–Kier alpha value is -2.57. The second kappa shape index (κ2) is 8.28. The van der Waals surface area contributed by atoms with E-state index in [9.17, 15) is 9.59 Å². The molecular weight excluding hydrogens is 412 g/mol. The van der Waals surface area contributed by atoms with Crippen LogP contribution in [0.1, 0.15) is 46.9 Å². The molecule has 4 rings (SSSR count). The van der Waals surface area contributed by atoms with Crippen LogP contribution in [0.25, 0.3) is 0 Å². The van der Waals surface area contributed by atoms with Crippen LogP contribution in [0.4, 0.5) is 11.4 Å². The number of amides is 2. The summed E-state index contributed by atoms with van der Waals surface area (Å²) in [7, 11) is 0. The molecule has 0 aliphatic carbocycles. The lowest BCUT2D eigenvalue weighted by Crippen LogP contribution is -2.28. The molecule has 0 unspecified atom stereocenters. The first kappa shape index (κ1) is 20.7. The summed E-state index contributed by atoms with van der Waals surface area (Å²) in [4.78, 5) is 27.4. The van der Waals surface area contributed by atoms with E-state index in [1.54, 1.807) is 17.8 Å². The first-order valence-corrected chi connectivity index (χ1v) is 11.7. The number of nitrogens with zero attached hydrogens (tertiary/aromatic N) is 1. The predicted molar refractivity (Wildman–Crippen MR) is 127 cm³/mol. The van der Waals surface area contributed by atoms with Gasteiger partial charge in [-0.25, -0.2) is 0 Å². The highest BCUT2D eigenvalue weighted by Crippen LogP contribution is 2.42. The zero-order valence-electron chi connectivity index (χ0n) is 17.2. The van der Waals surface area contributed by atoms with Gasteiger partial charge in [0.25, 0.3) is 5.91 Å². The number of rotatable bonds is 4. The molecule has 2 aromatic carbocycles. The highest BCUT2D eigenvalue weighted by molar-refractivity contribution is 8.00. The number of nitrogens with one attached hydrogen (secondary N) is 1. The van der Waals surface area contributed by atoms with Crippen LogP contribution >= 0.6 is 23.1 Å².